The Morgan fingerprint density at radius 2 is 2.00 bits per heavy atom. The Bertz CT molecular complexity index is 585. The van der Waals surface area contributed by atoms with Crippen LogP contribution in [-0.4, -0.2) is 0 Å². The van der Waals surface area contributed by atoms with Crippen molar-refractivity contribution in [3.05, 3.63) is 59.4 Å². The van der Waals surface area contributed by atoms with Crippen molar-refractivity contribution in [1.82, 2.24) is 0 Å². The molecule has 0 aliphatic heterocycles. The highest BCUT2D eigenvalue weighted by Gasteiger charge is 2.01. The summed E-state index contributed by atoms with van der Waals surface area (Å²) in [5.74, 6) is -0.283. The fourth-order valence-electron chi connectivity index (χ4n) is 1.55. The molecule has 84 valence electrons. The number of anilines is 2. The number of hydrogen-bond donors (Lipinski definition) is 1. The quantitative estimate of drug-likeness (QED) is 0.846. The minimum atomic E-state index is -0.283. The summed E-state index contributed by atoms with van der Waals surface area (Å²) < 4.78 is 13.1. The van der Waals surface area contributed by atoms with Crippen LogP contribution in [0.25, 0.3) is 0 Å². The normalized spacial score (nSPS) is 9.71. The van der Waals surface area contributed by atoms with Crippen LogP contribution < -0.4 is 5.32 Å². The molecule has 0 spiro atoms. The number of nitrogens with one attached hydrogen (secondary N) is 1. The van der Waals surface area contributed by atoms with E-state index in [0.717, 1.165) is 11.3 Å². The molecular weight excluding hydrogens is 215 g/mol. The summed E-state index contributed by atoms with van der Waals surface area (Å²) in [7, 11) is 0. The Labute approximate surface area is 99.3 Å². The summed E-state index contributed by atoms with van der Waals surface area (Å²) in [5, 5.41) is 11.9. The first-order chi connectivity index (χ1) is 8.19. The molecule has 0 heterocycles. The molecule has 0 unspecified atom stereocenters. The SMILES string of the molecule is Cc1ccc(F)cc1Nc1cccc(C#N)c1. The molecule has 0 aliphatic carbocycles. The molecule has 2 rings (SSSR count). The number of nitriles is 1. The van der Waals surface area contributed by atoms with Crippen LogP contribution in [0.15, 0.2) is 42.5 Å². The molecule has 0 aliphatic rings. The van der Waals surface area contributed by atoms with Gasteiger partial charge in [0.1, 0.15) is 5.82 Å². The number of aryl methyl sites for hydroxylation is 1. The van der Waals surface area contributed by atoms with Gasteiger partial charge < -0.3 is 5.32 Å². The van der Waals surface area contributed by atoms with E-state index in [1.54, 1.807) is 24.3 Å². The van der Waals surface area contributed by atoms with Crippen molar-refractivity contribution < 1.29 is 4.39 Å². The molecule has 0 amide bonds. The van der Waals surface area contributed by atoms with Gasteiger partial charge in [-0.1, -0.05) is 12.1 Å². The van der Waals surface area contributed by atoms with Crippen LogP contribution in [0.2, 0.25) is 0 Å². The highest BCUT2D eigenvalue weighted by Crippen LogP contribution is 2.21. The molecule has 0 saturated heterocycles. The topological polar surface area (TPSA) is 35.8 Å². The Balaban J connectivity index is 2.31. The van der Waals surface area contributed by atoms with Gasteiger partial charge in [-0.25, -0.2) is 4.39 Å². The average molecular weight is 226 g/mol. The van der Waals surface area contributed by atoms with Crippen molar-refractivity contribution in [1.29, 1.82) is 5.26 Å². The van der Waals surface area contributed by atoms with Gasteiger partial charge in [0.05, 0.1) is 11.6 Å². The van der Waals surface area contributed by atoms with E-state index in [0.29, 0.717) is 11.3 Å². The smallest absolute Gasteiger partial charge is 0.125 e. The van der Waals surface area contributed by atoms with Crippen molar-refractivity contribution in [3.63, 3.8) is 0 Å². The third kappa shape index (κ3) is 2.61. The van der Waals surface area contributed by atoms with E-state index in [4.69, 9.17) is 5.26 Å². The van der Waals surface area contributed by atoms with Gasteiger partial charge in [-0.3, -0.25) is 0 Å². The predicted octanol–water partition coefficient (Wildman–Crippen LogP) is 3.75. The van der Waals surface area contributed by atoms with Crippen molar-refractivity contribution >= 4 is 11.4 Å². The molecule has 0 aromatic heterocycles. The monoisotopic (exact) mass is 226 g/mol. The van der Waals surface area contributed by atoms with Gasteiger partial charge in [0, 0.05) is 11.4 Å². The number of rotatable bonds is 2. The predicted molar refractivity (Wildman–Crippen MR) is 65.6 cm³/mol. The van der Waals surface area contributed by atoms with Gasteiger partial charge in [0.15, 0.2) is 0 Å². The Morgan fingerprint density at radius 1 is 1.18 bits per heavy atom. The summed E-state index contributed by atoms with van der Waals surface area (Å²) in [6, 6.07) is 13.7. The molecule has 17 heavy (non-hydrogen) atoms. The lowest BCUT2D eigenvalue weighted by molar-refractivity contribution is 0.628. The molecule has 0 saturated carbocycles. The summed E-state index contributed by atoms with van der Waals surface area (Å²) in [6.45, 7) is 1.90. The number of nitrogens with zero attached hydrogens (tertiary/aromatic N) is 1. The first-order valence-electron chi connectivity index (χ1n) is 5.22. The lowest BCUT2D eigenvalue weighted by Gasteiger charge is -2.09. The highest BCUT2D eigenvalue weighted by atomic mass is 19.1. The van der Waals surface area contributed by atoms with Crippen LogP contribution in [0.3, 0.4) is 0 Å². The van der Waals surface area contributed by atoms with Crippen LogP contribution in [0.1, 0.15) is 11.1 Å². The Kier molecular flexibility index (Phi) is 3.06. The summed E-state index contributed by atoms with van der Waals surface area (Å²) >= 11 is 0. The first-order valence-corrected chi connectivity index (χ1v) is 5.22. The molecular formula is C14H11FN2. The van der Waals surface area contributed by atoms with E-state index in [2.05, 4.69) is 11.4 Å². The summed E-state index contributed by atoms with van der Waals surface area (Å²) in [4.78, 5) is 0. The zero-order valence-corrected chi connectivity index (χ0v) is 9.37. The zero-order chi connectivity index (χ0) is 12.3. The van der Waals surface area contributed by atoms with E-state index in [-0.39, 0.29) is 5.82 Å². The Morgan fingerprint density at radius 3 is 2.76 bits per heavy atom. The fourth-order valence-corrected chi connectivity index (χ4v) is 1.55. The van der Waals surface area contributed by atoms with Gasteiger partial charge in [-0.15, -0.1) is 0 Å². The minimum absolute atomic E-state index is 0.283. The van der Waals surface area contributed by atoms with Crippen molar-refractivity contribution in [2.24, 2.45) is 0 Å². The third-order valence-electron chi connectivity index (χ3n) is 2.47. The van der Waals surface area contributed by atoms with Crippen LogP contribution in [0.4, 0.5) is 15.8 Å². The molecule has 2 nitrogen and oxygen atoms in total. The lowest BCUT2D eigenvalue weighted by atomic mass is 10.1. The third-order valence-corrected chi connectivity index (χ3v) is 2.47. The second-order valence-corrected chi connectivity index (χ2v) is 3.78. The molecule has 0 bridgehead atoms. The average Bonchev–Trinajstić information content (AvgIpc) is 2.34. The van der Waals surface area contributed by atoms with E-state index < -0.39 is 0 Å². The zero-order valence-electron chi connectivity index (χ0n) is 9.37. The number of halogens is 1. The van der Waals surface area contributed by atoms with Gasteiger partial charge in [0.25, 0.3) is 0 Å². The summed E-state index contributed by atoms with van der Waals surface area (Å²) in [5.41, 5.74) is 3.01. The van der Waals surface area contributed by atoms with Crippen molar-refractivity contribution in [2.45, 2.75) is 6.92 Å². The lowest BCUT2D eigenvalue weighted by Crippen LogP contribution is -1.94. The largest absolute Gasteiger partial charge is 0.355 e. The fraction of sp³-hybridized carbons (Fsp3) is 0.0714. The van der Waals surface area contributed by atoms with E-state index >= 15 is 0 Å². The van der Waals surface area contributed by atoms with Gasteiger partial charge in [0.2, 0.25) is 0 Å². The molecule has 3 heteroatoms. The molecule has 0 atom stereocenters. The van der Waals surface area contributed by atoms with E-state index in [1.165, 1.54) is 12.1 Å². The standard InChI is InChI=1S/C14H11FN2/c1-10-5-6-12(15)8-14(10)17-13-4-2-3-11(7-13)9-16/h2-8,17H,1H3. The van der Waals surface area contributed by atoms with Crippen LogP contribution >= 0.6 is 0 Å². The van der Waals surface area contributed by atoms with Gasteiger partial charge in [-0.2, -0.15) is 5.26 Å². The van der Waals surface area contributed by atoms with E-state index in [1.807, 2.05) is 13.0 Å². The van der Waals surface area contributed by atoms with Gasteiger partial charge >= 0.3 is 0 Å². The molecule has 2 aromatic carbocycles. The number of benzene rings is 2. The van der Waals surface area contributed by atoms with Crippen LogP contribution in [0, 0.1) is 24.1 Å². The molecule has 0 fully saturated rings. The number of hydrogen-bond acceptors (Lipinski definition) is 2. The van der Waals surface area contributed by atoms with Gasteiger partial charge in [-0.05, 0) is 42.8 Å². The Hall–Kier alpha value is -2.34. The minimum Gasteiger partial charge on any atom is -0.355 e. The maximum atomic E-state index is 13.1. The van der Waals surface area contributed by atoms with Crippen molar-refractivity contribution in [3.8, 4) is 6.07 Å². The maximum Gasteiger partial charge on any atom is 0.125 e. The second-order valence-electron chi connectivity index (χ2n) is 3.78. The first kappa shape index (κ1) is 11.2. The maximum absolute atomic E-state index is 13.1. The van der Waals surface area contributed by atoms with E-state index in [9.17, 15) is 4.39 Å². The molecule has 0 radical (unpaired) electrons. The van der Waals surface area contributed by atoms with Crippen LogP contribution in [-0.2, 0) is 0 Å². The second kappa shape index (κ2) is 4.67. The summed E-state index contributed by atoms with van der Waals surface area (Å²) in [6.07, 6.45) is 0. The molecule has 2 aromatic rings. The highest BCUT2D eigenvalue weighted by molar-refractivity contribution is 5.64. The van der Waals surface area contributed by atoms with Crippen molar-refractivity contribution in [2.75, 3.05) is 5.32 Å². The van der Waals surface area contributed by atoms with Crippen LogP contribution in [0.5, 0.6) is 0 Å². The molecule has 1 N–H and O–H groups in total.